The fourth-order valence-corrected chi connectivity index (χ4v) is 16.5. The molecule has 16 bridgehead atoms. The fraction of sp³-hybridized carbons (Fsp3) is 1.00. The van der Waals surface area contributed by atoms with Gasteiger partial charge in [-0.2, -0.15) is 0 Å². The zero-order valence-corrected chi connectivity index (χ0v) is 68.9. The zero-order chi connectivity index (χ0) is 88.0. The van der Waals surface area contributed by atoms with Crippen LogP contribution in [-0.4, -0.2) is 621 Å². The van der Waals surface area contributed by atoms with Crippen LogP contribution in [0.5, 0.6) is 0 Å². The van der Waals surface area contributed by atoms with E-state index in [2.05, 4.69) is 0 Å². The Kier molecular flexibility index (Phi) is 40.4. The molecule has 30 aliphatic rings. The largest absolute Gasteiger partial charge is 0.395 e. The number of aliphatic hydroxyl groups excluding tert-OH is 24. The van der Waals surface area contributed by atoms with Gasteiger partial charge in [-0.15, -0.1) is 0 Å². The van der Waals surface area contributed by atoms with E-state index >= 15 is 0 Å². The van der Waals surface area contributed by atoms with Crippen LogP contribution >= 0.6 is 0 Å². The van der Waals surface area contributed by atoms with E-state index in [0.29, 0.717) is 0 Å². The highest BCUT2D eigenvalue weighted by Crippen LogP contribution is 2.41. The normalized spacial score (nSPS) is 44.2. The van der Waals surface area contributed by atoms with Crippen molar-refractivity contribution in [2.24, 2.45) is 0 Å². The van der Waals surface area contributed by atoms with Crippen LogP contribution < -0.4 is 0 Å². The van der Waals surface area contributed by atoms with Crippen LogP contribution in [0.25, 0.3) is 0 Å². The summed E-state index contributed by atoms with van der Waals surface area (Å²) in [6.07, 6.45) is -76.7. The first kappa shape index (κ1) is 102. The van der Waals surface area contributed by atoms with Crippen LogP contribution in [0.15, 0.2) is 0 Å². The summed E-state index contributed by atoms with van der Waals surface area (Å²) in [7, 11) is 12.3. The minimum absolute atomic E-state index is 0.0373. The molecule has 0 saturated carbocycles. The van der Waals surface area contributed by atoms with Gasteiger partial charge in [0, 0.05) is 105 Å². The molecule has 30 fully saturated rings. The van der Waals surface area contributed by atoms with Crippen LogP contribution in [0.1, 0.15) is 0 Å². The van der Waals surface area contributed by atoms with Crippen molar-refractivity contribution in [3.8, 4) is 0 Å². The van der Waals surface area contributed by atoms with E-state index in [9.17, 15) is 123 Å². The molecule has 0 aromatic rings. The molecular weight excluding hydrogens is 1620 g/mol. The molecule has 0 amide bonds. The standard InChI is InChI=1S/C72H136N8O40/c1-73(9-17-81)25-33-57-41(89)49(97)65(105-33)114-58-34(26-74(2)10-18-82)107-67(51(99)43(58)91)116-60-36(28-76(4)12-20-84)109-69(53(101)45(60)93)118-62-38(30-78(6)14-22-86)111-71(55(103)47(62)95)120-64-40(32-80(8)16-24-88)112-72(56(104)48(64)96)119-63-39(31-79(7)15-23-87)110-70(54(102)46(63)94)117-61-37(29-77(5)13-21-85)108-68(52(100)44(61)92)115-59-35(27-75(3)11-19-83)106-66(113-57)50(98)42(59)90/h33-72,81-104H,9-32H2,1-8H3/t33-,34-,35-,36-,37-,38+,39+,40+,41-,42-,43-,44-,45-,46-,47-,48-,49-,50+,51-,52+,53+,54-,55+,56-,57-,58-,59-,60-,61-,62-,63-,64-,65-,66-,67-,68-,69-,70-,71-,72-/m1/s1. The molecule has 120 heavy (non-hydrogen) atoms. The maximum Gasteiger partial charge on any atom is 0.187 e. The Hall–Kier alpha value is -1.92. The minimum Gasteiger partial charge on any atom is -0.395 e. The molecular formula is C72H136N8O40. The molecule has 0 aromatic heterocycles. The average Bonchev–Trinajstić information content (AvgIpc) is 0.768. The first-order valence-electron chi connectivity index (χ1n) is 40.8. The lowest BCUT2D eigenvalue weighted by atomic mass is 9.94. The van der Waals surface area contributed by atoms with Crippen LogP contribution in [0, 0.1) is 0 Å². The van der Waals surface area contributed by atoms with E-state index in [0.717, 1.165) is 0 Å². The molecule has 30 aliphatic heterocycles. The van der Waals surface area contributed by atoms with Gasteiger partial charge < -0.3 is 238 Å². The summed E-state index contributed by atoms with van der Waals surface area (Å²) in [4.78, 5) is 12.2. The number of nitrogens with zero attached hydrogens (tertiary/aromatic N) is 8. The van der Waals surface area contributed by atoms with Gasteiger partial charge in [-0.1, -0.05) is 0 Å². The Morgan fingerprint density at radius 2 is 0.242 bits per heavy atom. The highest BCUT2D eigenvalue weighted by atomic mass is 16.8. The molecule has 40 atom stereocenters. The summed E-state index contributed by atoms with van der Waals surface area (Å²) in [6, 6.07) is 0. The second-order valence-corrected chi connectivity index (χ2v) is 32.9. The maximum atomic E-state index is 12.4. The molecule has 30 heterocycles. The van der Waals surface area contributed by atoms with Crippen molar-refractivity contribution >= 4 is 0 Å². The van der Waals surface area contributed by atoms with E-state index in [1.807, 2.05) is 0 Å². The van der Waals surface area contributed by atoms with Crippen molar-refractivity contribution in [3.05, 3.63) is 0 Å². The molecule has 704 valence electrons. The van der Waals surface area contributed by atoms with Gasteiger partial charge in [0.2, 0.25) is 0 Å². The van der Waals surface area contributed by atoms with Gasteiger partial charge >= 0.3 is 0 Å². The number of aliphatic hydroxyl groups is 24. The quantitative estimate of drug-likeness (QED) is 0.0297. The van der Waals surface area contributed by atoms with Gasteiger partial charge in [0.25, 0.3) is 0 Å². The van der Waals surface area contributed by atoms with Crippen molar-refractivity contribution < 1.29 is 198 Å². The highest BCUT2D eigenvalue weighted by Gasteiger charge is 2.61. The molecule has 0 aromatic carbocycles. The van der Waals surface area contributed by atoms with Crippen LogP contribution in [0.3, 0.4) is 0 Å². The smallest absolute Gasteiger partial charge is 0.187 e. The summed E-state index contributed by atoms with van der Waals surface area (Å²) in [5, 5.41) is 277. The van der Waals surface area contributed by atoms with Crippen LogP contribution in [-0.2, 0) is 75.8 Å². The highest BCUT2D eigenvalue weighted by molar-refractivity contribution is 5.05. The van der Waals surface area contributed by atoms with Gasteiger partial charge in [0.1, 0.15) is 195 Å². The number of hydrogen-bond donors (Lipinski definition) is 24. The third-order valence-electron chi connectivity index (χ3n) is 23.2. The Bertz CT molecular complexity index is 2360. The second kappa shape index (κ2) is 47.6. The first-order chi connectivity index (χ1) is 57.0. The fourth-order valence-electron chi connectivity index (χ4n) is 16.5. The molecule has 30 saturated heterocycles. The number of ether oxygens (including phenoxy) is 16. The van der Waals surface area contributed by atoms with Crippen molar-refractivity contribution in [1.82, 2.24) is 39.2 Å². The van der Waals surface area contributed by atoms with E-state index < -0.39 is 299 Å². The van der Waals surface area contributed by atoms with Gasteiger partial charge in [-0.05, 0) is 56.4 Å². The van der Waals surface area contributed by atoms with Crippen molar-refractivity contribution in [2.45, 2.75) is 246 Å². The molecule has 48 nitrogen and oxygen atoms in total. The van der Waals surface area contributed by atoms with E-state index in [1.54, 1.807) is 0 Å². The Morgan fingerprint density at radius 3 is 0.325 bits per heavy atom. The third kappa shape index (κ3) is 25.4. The lowest BCUT2D eigenvalue weighted by Gasteiger charge is -2.52. The molecule has 0 spiro atoms. The summed E-state index contributed by atoms with van der Waals surface area (Å²) in [5.41, 5.74) is 0. The van der Waals surface area contributed by atoms with Gasteiger partial charge in [-0.3, -0.25) is 0 Å². The van der Waals surface area contributed by atoms with Crippen molar-refractivity contribution in [3.63, 3.8) is 0 Å². The number of rotatable bonds is 32. The number of hydrogen-bond acceptors (Lipinski definition) is 48. The molecule has 30 rings (SSSR count). The van der Waals surface area contributed by atoms with E-state index in [4.69, 9.17) is 75.8 Å². The zero-order valence-electron chi connectivity index (χ0n) is 68.9. The SMILES string of the molecule is CN(CCO)C[C@@H]1O[C@@H]2O[C@H]3[C@H](O)[C@@H](O)[C@@H](O[C@H]4[C@H](O)[C@@H](O)[C@@H](O[C@H]5[C@H](O)[C@H](O)[C@@H](O[C@H]6[C@H](O)[C@H](O)[C@@H](O[C@H]7[C@H](O)[C@@H](O)[C@@H](O[C@H]8[C@H](O)[C@@H](O)[C@@H](O[C@H]9[C@H](O)[C@H](O)[C@@H](O[C@H]1[C@H](O)[C@@H]2O)O[C@@H]9CN(C)CCO)O[C@@H]8CN(C)CCO)O[C@@H]7CN(C)CCO)O[C@@H]6CN(C)CCO)O[C@@H]5CN(C)CCO)O[C@H]4CN(C)CCO)O[C@H]3CN(C)CCO. The monoisotopic (exact) mass is 1750 g/mol. The molecule has 0 radical (unpaired) electrons. The van der Waals surface area contributed by atoms with Gasteiger partial charge in [0.15, 0.2) is 50.3 Å². The minimum atomic E-state index is -2.19. The maximum absolute atomic E-state index is 12.4. The molecule has 0 aliphatic carbocycles. The summed E-state index contributed by atoms with van der Waals surface area (Å²) in [6.45, 7) is -5.89. The lowest BCUT2D eigenvalue weighted by molar-refractivity contribution is -0.401. The average molecular weight is 1750 g/mol. The summed E-state index contributed by atoms with van der Waals surface area (Å²) >= 11 is 0. The molecule has 24 N–H and O–H groups in total. The topological polar surface area (TPSA) is 659 Å². The van der Waals surface area contributed by atoms with Gasteiger partial charge in [-0.25, -0.2) is 0 Å². The van der Waals surface area contributed by atoms with Crippen LogP contribution in [0.2, 0.25) is 0 Å². The third-order valence-corrected chi connectivity index (χ3v) is 23.2. The van der Waals surface area contributed by atoms with Crippen molar-refractivity contribution in [2.75, 3.05) is 214 Å². The molecule has 48 heteroatoms. The Morgan fingerprint density at radius 1 is 0.150 bits per heavy atom. The number of likely N-dealkylation sites (N-methyl/N-ethyl adjacent to an activating group) is 8. The Balaban J connectivity index is 1.12. The molecule has 0 unspecified atom stereocenters. The van der Waals surface area contributed by atoms with Crippen LogP contribution in [0.4, 0.5) is 0 Å². The predicted octanol–water partition coefficient (Wildman–Crippen LogP) is -18.0. The first-order valence-corrected chi connectivity index (χ1v) is 40.8. The summed E-state index contributed by atoms with van der Waals surface area (Å²) in [5.74, 6) is 0. The lowest BCUT2D eigenvalue weighted by Crippen LogP contribution is -2.70. The Labute approximate surface area is 695 Å². The second-order valence-electron chi connectivity index (χ2n) is 32.9. The van der Waals surface area contributed by atoms with Gasteiger partial charge in [0.05, 0.1) is 52.9 Å². The van der Waals surface area contributed by atoms with Crippen molar-refractivity contribution in [1.29, 1.82) is 0 Å². The van der Waals surface area contributed by atoms with E-state index in [1.165, 1.54) is 95.6 Å². The predicted molar refractivity (Wildman–Crippen MR) is 401 cm³/mol. The summed E-state index contributed by atoms with van der Waals surface area (Å²) < 4.78 is 102. The van der Waals surface area contributed by atoms with E-state index in [-0.39, 0.29) is 105 Å².